The SMILES string of the molecule is c1ccc(N(c2cccc(-c3cccc4ccccc34)c2-c2cccc3ccccc23)c2cccc3c2c2ccccc2n3-c2ccccc2)cc1. The highest BCUT2D eigenvalue weighted by molar-refractivity contribution is 6.18. The van der Waals surface area contributed by atoms with Gasteiger partial charge in [0.05, 0.1) is 22.4 Å². The molecule has 10 aromatic rings. The first kappa shape index (κ1) is 30.0. The molecular weight excluding hydrogens is 629 g/mol. The van der Waals surface area contributed by atoms with Gasteiger partial charge in [-0.3, -0.25) is 0 Å². The highest BCUT2D eigenvalue weighted by atomic mass is 15.2. The molecule has 0 amide bonds. The molecule has 0 aliphatic heterocycles. The Kier molecular flexibility index (Phi) is 7.18. The molecule has 0 bridgehead atoms. The van der Waals surface area contributed by atoms with E-state index in [-0.39, 0.29) is 0 Å². The van der Waals surface area contributed by atoms with Gasteiger partial charge in [-0.05, 0) is 86.8 Å². The molecule has 0 fully saturated rings. The van der Waals surface area contributed by atoms with Gasteiger partial charge in [-0.1, -0.05) is 158 Å². The number of anilines is 3. The molecule has 0 N–H and O–H groups in total. The summed E-state index contributed by atoms with van der Waals surface area (Å²) >= 11 is 0. The summed E-state index contributed by atoms with van der Waals surface area (Å²) in [5.74, 6) is 0. The van der Waals surface area contributed by atoms with Gasteiger partial charge in [0.15, 0.2) is 0 Å². The van der Waals surface area contributed by atoms with Crippen LogP contribution in [0.4, 0.5) is 17.1 Å². The van der Waals surface area contributed by atoms with Gasteiger partial charge in [-0.15, -0.1) is 0 Å². The molecule has 52 heavy (non-hydrogen) atoms. The fourth-order valence-electron chi connectivity index (χ4n) is 8.16. The van der Waals surface area contributed by atoms with E-state index in [1.54, 1.807) is 0 Å². The Hall–Kier alpha value is -6.90. The minimum absolute atomic E-state index is 1.10. The first-order valence-electron chi connectivity index (χ1n) is 17.9. The quantitative estimate of drug-likeness (QED) is 0.172. The van der Waals surface area contributed by atoms with E-state index in [9.17, 15) is 0 Å². The first-order chi connectivity index (χ1) is 25.8. The van der Waals surface area contributed by atoms with E-state index in [0.717, 1.165) is 22.7 Å². The van der Waals surface area contributed by atoms with Gasteiger partial charge in [0.2, 0.25) is 0 Å². The second-order valence-corrected chi connectivity index (χ2v) is 13.3. The highest BCUT2D eigenvalue weighted by Gasteiger charge is 2.25. The molecule has 0 unspecified atom stereocenters. The Morgan fingerprint density at radius 1 is 0.327 bits per heavy atom. The number of hydrogen-bond acceptors (Lipinski definition) is 1. The number of benzene rings is 9. The fraction of sp³-hybridized carbons (Fsp3) is 0. The van der Waals surface area contributed by atoms with Crippen LogP contribution in [0.25, 0.3) is 71.3 Å². The van der Waals surface area contributed by atoms with Crippen LogP contribution in [-0.4, -0.2) is 4.57 Å². The third kappa shape index (κ3) is 4.80. The number of fused-ring (bicyclic) bond motifs is 5. The van der Waals surface area contributed by atoms with Crippen LogP contribution in [-0.2, 0) is 0 Å². The normalized spacial score (nSPS) is 11.5. The summed E-state index contributed by atoms with van der Waals surface area (Å²) in [5.41, 5.74) is 11.7. The third-order valence-electron chi connectivity index (χ3n) is 10.4. The van der Waals surface area contributed by atoms with Crippen LogP contribution in [0.1, 0.15) is 0 Å². The molecule has 0 aliphatic carbocycles. The molecule has 1 aromatic heterocycles. The summed E-state index contributed by atoms with van der Waals surface area (Å²) < 4.78 is 2.40. The van der Waals surface area contributed by atoms with Gasteiger partial charge in [-0.2, -0.15) is 0 Å². The van der Waals surface area contributed by atoms with E-state index in [1.807, 2.05) is 0 Å². The standard InChI is InChI=1S/C50H34N2/c1-3-21-37(22-4-1)51-45-31-12-11-27-44(45)50-47(51)33-16-34-48(50)52(38-23-5-2-6-24-38)46-32-15-30-43(41-28-13-19-35-17-7-9-25-39(35)41)49(46)42-29-14-20-36-18-8-10-26-40(36)42/h1-34H. The lowest BCUT2D eigenvalue weighted by molar-refractivity contribution is 1.18. The van der Waals surface area contributed by atoms with E-state index >= 15 is 0 Å². The van der Waals surface area contributed by atoms with Crippen molar-refractivity contribution in [3.8, 4) is 27.9 Å². The predicted octanol–water partition coefficient (Wildman–Crippen LogP) is 13.9. The molecule has 0 aliphatic rings. The lowest BCUT2D eigenvalue weighted by Crippen LogP contribution is -2.12. The highest BCUT2D eigenvalue weighted by Crippen LogP contribution is 2.50. The van der Waals surface area contributed by atoms with Crippen molar-refractivity contribution >= 4 is 60.4 Å². The number of aromatic nitrogens is 1. The largest absolute Gasteiger partial charge is 0.309 e. The molecule has 9 aromatic carbocycles. The number of hydrogen-bond donors (Lipinski definition) is 0. The second kappa shape index (κ2) is 12.5. The zero-order valence-electron chi connectivity index (χ0n) is 28.5. The third-order valence-corrected chi connectivity index (χ3v) is 10.4. The van der Waals surface area contributed by atoms with Gasteiger partial charge in [0, 0.05) is 27.7 Å². The molecule has 244 valence electrons. The predicted molar refractivity (Wildman–Crippen MR) is 221 cm³/mol. The van der Waals surface area contributed by atoms with Crippen molar-refractivity contribution in [2.24, 2.45) is 0 Å². The van der Waals surface area contributed by atoms with Crippen LogP contribution < -0.4 is 4.90 Å². The molecule has 0 spiro atoms. The van der Waals surface area contributed by atoms with E-state index in [4.69, 9.17) is 0 Å². The Labute approximate surface area is 303 Å². The van der Waals surface area contributed by atoms with Gasteiger partial charge in [-0.25, -0.2) is 0 Å². The van der Waals surface area contributed by atoms with E-state index < -0.39 is 0 Å². The zero-order chi connectivity index (χ0) is 34.4. The summed E-state index contributed by atoms with van der Waals surface area (Å²) in [6, 6.07) is 74.8. The molecule has 0 saturated carbocycles. The van der Waals surface area contributed by atoms with Crippen LogP contribution >= 0.6 is 0 Å². The maximum Gasteiger partial charge on any atom is 0.0562 e. The molecule has 2 nitrogen and oxygen atoms in total. The number of nitrogens with zero attached hydrogens (tertiary/aromatic N) is 2. The molecule has 0 atom stereocenters. The van der Waals surface area contributed by atoms with Crippen molar-refractivity contribution in [2.75, 3.05) is 4.90 Å². The molecule has 2 heteroatoms. The summed E-state index contributed by atoms with van der Waals surface area (Å²) in [6.07, 6.45) is 0. The molecule has 1 heterocycles. The molecule has 0 radical (unpaired) electrons. The van der Waals surface area contributed by atoms with Gasteiger partial charge in [0.25, 0.3) is 0 Å². The number of para-hydroxylation sites is 3. The molecule has 10 rings (SSSR count). The van der Waals surface area contributed by atoms with Crippen molar-refractivity contribution in [3.05, 3.63) is 206 Å². The average molecular weight is 663 g/mol. The Balaban J connectivity index is 1.35. The van der Waals surface area contributed by atoms with Gasteiger partial charge >= 0.3 is 0 Å². The molecular formula is C50H34N2. The monoisotopic (exact) mass is 662 g/mol. The first-order valence-corrected chi connectivity index (χ1v) is 17.9. The van der Waals surface area contributed by atoms with Crippen molar-refractivity contribution in [2.45, 2.75) is 0 Å². The lowest BCUT2D eigenvalue weighted by Gasteiger charge is -2.30. The van der Waals surface area contributed by atoms with Crippen molar-refractivity contribution in [3.63, 3.8) is 0 Å². The zero-order valence-corrected chi connectivity index (χ0v) is 28.5. The van der Waals surface area contributed by atoms with Crippen molar-refractivity contribution in [1.29, 1.82) is 0 Å². The van der Waals surface area contributed by atoms with Crippen LogP contribution in [0, 0.1) is 0 Å². The average Bonchev–Trinajstić information content (AvgIpc) is 3.56. The Bertz CT molecular complexity index is 2890. The maximum atomic E-state index is 2.48. The second-order valence-electron chi connectivity index (χ2n) is 13.3. The maximum absolute atomic E-state index is 2.48. The Morgan fingerprint density at radius 3 is 1.58 bits per heavy atom. The van der Waals surface area contributed by atoms with E-state index in [2.05, 4.69) is 216 Å². The lowest BCUT2D eigenvalue weighted by atomic mass is 9.87. The van der Waals surface area contributed by atoms with Crippen LogP contribution in [0.2, 0.25) is 0 Å². The van der Waals surface area contributed by atoms with Crippen LogP contribution in [0.3, 0.4) is 0 Å². The van der Waals surface area contributed by atoms with Gasteiger partial charge < -0.3 is 9.47 Å². The van der Waals surface area contributed by atoms with E-state index in [0.29, 0.717) is 0 Å². The minimum Gasteiger partial charge on any atom is -0.309 e. The fourth-order valence-corrected chi connectivity index (χ4v) is 8.16. The summed E-state index contributed by atoms with van der Waals surface area (Å²) in [6.45, 7) is 0. The summed E-state index contributed by atoms with van der Waals surface area (Å²) in [4.78, 5) is 2.48. The van der Waals surface area contributed by atoms with Crippen molar-refractivity contribution < 1.29 is 0 Å². The van der Waals surface area contributed by atoms with Crippen molar-refractivity contribution in [1.82, 2.24) is 4.57 Å². The smallest absolute Gasteiger partial charge is 0.0562 e. The summed E-state index contributed by atoms with van der Waals surface area (Å²) in [5, 5.41) is 7.35. The molecule has 0 saturated heterocycles. The van der Waals surface area contributed by atoms with Gasteiger partial charge in [0.1, 0.15) is 0 Å². The van der Waals surface area contributed by atoms with E-state index in [1.165, 1.54) is 65.6 Å². The van der Waals surface area contributed by atoms with Crippen LogP contribution in [0.15, 0.2) is 206 Å². The minimum atomic E-state index is 1.10. The summed E-state index contributed by atoms with van der Waals surface area (Å²) in [7, 11) is 0. The van der Waals surface area contributed by atoms with Crippen LogP contribution in [0.5, 0.6) is 0 Å². The Morgan fingerprint density at radius 2 is 0.827 bits per heavy atom. The number of rotatable bonds is 6. The topological polar surface area (TPSA) is 8.17 Å².